The van der Waals surface area contributed by atoms with Crippen LogP contribution in [0.2, 0.25) is 0 Å². The number of morpholine rings is 1. The molecule has 0 N–H and O–H groups in total. The van der Waals surface area contributed by atoms with E-state index in [0.29, 0.717) is 13.1 Å². The highest BCUT2D eigenvalue weighted by Crippen LogP contribution is 2.25. The highest BCUT2D eigenvalue weighted by atomic mass is 79.9. The Hall–Kier alpha value is -1.01. The molecule has 0 saturated carbocycles. The maximum absolute atomic E-state index is 13.9. The standard InChI is InChI=1S/C14H16BrF2NO2/c1-8-6-18(7-14(2,3)20-8)13(19)12-10(16)4-9(15)5-11(12)17/h4-5,8H,6-7H2,1-3H3. The molecule has 0 spiro atoms. The average Bonchev–Trinajstić information content (AvgIpc) is 2.24. The number of hydrogen-bond donors (Lipinski definition) is 0. The zero-order chi connectivity index (χ0) is 15.1. The van der Waals surface area contributed by atoms with Crippen LogP contribution >= 0.6 is 15.9 Å². The van der Waals surface area contributed by atoms with Crippen molar-refractivity contribution >= 4 is 21.8 Å². The van der Waals surface area contributed by atoms with Crippen molar-refractivity contribution in [2.45, 2.75) is 32.5 Å². The molecule has 1 unspecified atom stereocenters. The number of nitrogens with zero attached hydrogens (tertiary/aromatic N) is 1. The molecule has 1 amide bonds. The van der Waals surface area contributed by atoms with Crippen LogP contribution in [-0.2, 0) is 4.74 Å². The molecule has 1 heterocycles. The van der Waals surface area contributed by atoms with Gasteiger partial charge in [-0.05, 0) is 32.9 Å². The van der Waals surface area contributed by atoms with Gasteiger partial charge in [-0.3, -0.25) is 4.79 Å². The molecule has 1 aromatic carbocycles. The van der Waals surface area contributed by atoms with Crippen molar-refractivity contribution < 1.29 is 18.3 Å². The first kappa shape index (κ1) is 15.4. The van der Waals surface area contributed by atoms with Crippen LogP contribution in [0.3, 0.4) is 0 Å². The van der Waals surface area contributed by atoms with Crippen LogP contribution in [0.25, 0.3) is 0 Å². The van der Waals surface area contributed by atoms with Gasteiger partial charge in [-0.25, -0.2) is 8.78 Å². The van der Waals surface area contributed by atoms with Crippen molar-refractivity contribution in [2.75, 3.05) is 13.1 Å². The van der Waals surface area contributed by atoms with Crippen LogP contribution in [0.4, 0.5) is 8.78 Å². The summed E-state index contributed by atoms with van der Waals surface area (Å²) in [6, 6.07) is 2.18. The van der Waals surface area contributed by atoms with Crippen LogP contribution in [0.1, 0.15) is 31.1 Å². The molecule has 1 aliphatic rings. The van der Waals surface area contributed by atoms with Crippen LogP contribution in [-0.4, -0.2) is 35.6 Å². The summed E-state index contributed by atoms with van der Waals surface area (Å²) in [7, 11) is 0. The molecule has 3 nitrogen and oxygen atoms in total. The third-order valence-electron chi connectivity index (χ3n) is 3.08. The van der Waals surface area contributed by atoms with Gasteiger partial charge in [-0.2, -0.15) is 0 Å². The fourth-order valence-electron chi connectivity index (χ4n) is 2.51. The minimum Gasteiger partial charge on any atom is -0.369 e. The van der Waals surface area contributed by atoms with E-state index in [-0.39, 0.29) is 10.6 Å². The van der Waals surface area contributed by atoms with Gasteiger partial charge in [0, 0.05) is 17.6 Å². The van der Waals surface area contributed by atoms with Gasteiger partial charge in [0.15, 0.2) is 0 Å². The molecule has 2 rings (SSSR count). The molecule has 1 aromatic rings. The molecule has 1 aliphatic heterocycles. The van der Waals surface area contributed by atoms with Gasteiger partial charge in [0.2, 0.25) is 0 Å². The van der Waals surface area contributed by atoms with Crippen molar-refractivity contribution in [2.24, 2.45) is 0 Å². The number of amides is 1. The van der Waals surface area contributed by atoms with E-state index in [1.165, 1.54) is 4.90 Å². The molecule has 0 aliphatic carbocycles. The minimum absolute atomic E-state index is 0.177. The number of carbonyl (C=O) groups excluding carboxylic acids is 1. The Kier molecular flexibility index (Phi) is 4.16. The third kappa shape index (κ3) is 3.17. The Labute approximate surface area is 125 Å². The quantitative estimate of drug-likeness (QED) is 0.779. The summed E-state index contributed by atoms with van der Waals surface area (Å²) in [6.45, 7) is 6.13. The maximum atomic E-state index is 13.9. The molecule has 1 saturated heterocycles. The van der Waals surface area contributed by atoms with E-state index in [0.717, 1.165) is 12.1 Å². The molecule has 0 radical (unpaired) electrons. The molecule has 110 valence electrons. The van der Waals surface area contributed by atoms with Gasteiger partial charge in [-0.15, -0.1) is 0 Å². The number of rotatable bonds is 1. The number of hydrogen-bond acceptors (Lipinski definition) is 2. The summed E-state index contributed by atoms with van der Waals surface area (Å²) in [5.41, 5.74) is -1.05. The van der Waals surface area contributed by atoms with Crippen molar-refractivity contribution in [3.63, 3.8) is 0 Å². The SMILES string of the molecule is CC1CN(C(=O)c2c(F)cc(Br)cc2F)CC(C)(C)O1. The highest BCUT2D eigenvalue weighted by Gasteiger charge is 2.35. The van der Waals surface area contributed by atoms with Gasteiger partial charge in [0.1, 0.15) is 17.2 Å². The maximum Gasteiger partial charge on any atom is 0.260 e. The van der Waals surface area contributed by atoms with E-state index in [2.05, 4.69) is 15.9 Å². The van der Waals surface area contributed by atoms with Crippen LogP contribution in [0, 0.1) is 11.6 Å². The summed E-state index contributed by atoms with van der Waals surface area (Å²) in [4.78, 5) is 13.8. The third-order valence-corrected chi connectivity index (χ3v) is 3.54. The second-order valence-corrected chi connectivity index (χ2v) is 6.53. The first-order valence-electron chi connectivity index (χ1n) is 6.31. The molecular formula is C14H16BrF2NO2. The fourth-order valence-corrected chi connectivity index (χ4v) is 2.92. The summed E-state index contributed by atoms with van der Waals surface area (Å²) in [6.07, 6.45) is -0.177. The van der Waals surface area contributed by atoms with E-state index in [1.54, 1.807) is 0 Å². The number of carbonyl (C=O) groups is 1. The lowest BCUT2D eigenvalue weighted by Gasteiger charge is -2.41. The van der Waals surface area contributed by atoms with Crippen molar-refractivity contribution in [3.05, 3.63) is 33.8 Å². The van der Waals surface area contributed by atoms with Gasteiger partial charge in [0.05, 0.1) is 11.7 Å². The second-order valence-electron chi connectivity index (χ2n) is 5.62. The Bertz CT molecular complexity index is 525. The first-order chi connectivity index (χ1) is 9.19. The van der Waals surface area contributed by atoms with Gasteiger partial charge >= 0.3 is 0 Å². The second kappa shape index (κ2) is 5.41. The van der Waals surface area contributed by atoms with E-state index in [9.17, 15) is 13.6 Å². The summed E-state index contributed by atoms with van der Waals surface area (Å²) >= 11 is 2.99. The van der Waals surface area contributed by atoms with Crippen LogP contribution < -0.4 is 0 Å². The van der Waals surface area contributed by atoms with Gasteiger partial charge in [-0.1, -0.05) is 15.9 Å². The van der Waals surface area contributed by atoms with E-state index in [4.69, 9.17) is 4.74 Å². The Morgan fingerprint density at radius 2 is 1.95 bits per heavy atom. The molecule has 0 aromatic heterocycles. The van der Waals surface area contributed by atoms with E-state index >= 15 is 0 Å². The molecule has 20 heavy (non-hydrogen) atoms. The predicted molar refractivity (Wildman–Crippen MR) is 74.6 cm³/mol. The van der Waals surface area contributed by atoms with Crippen LogP contribution in [0.5, 0.6) is 0 Å². The molecule has 1 atom stereocenters. The number of ether oxygens (including phenoxy) is 1. The van der Waals surface area contributed by atoms with Gasteiger partial charge < -0.3 is 9.64 Å². The smallest absolute Gasteiger partial charge is 0.260 e. The Morgan fingerprint density at radius 1 is 1.40 bits per heavy atom. The molecular weight excluding hydrogens is 332 g/mol. The lowest BCUT2D eigenvalue weighted by atomic mass is 10.0. The monoisotopic (exact) mass is 347 g/mol. The minimum atomic E-state index is -0.862. The molecule has 0 bridgehead atoms. The first-order valence-corrected chi connectivity index (χ1v) is 7.10. The Morgan fingerprint density at radius 3 is 2.45 bits per heavy atom. The topological polar surface area (TPSA) is 29.5 Å². The molecule has 6 heteroatoms. The number of benzene rings is 1. The van der Waals surface area contributed by atoms with E-state index < -0.39 is 28.7 Å². The Balaban J connectivity index is 2.32. The normalized spacial score (nSPS) is 21.9. The van der Waals surface area contributed by atoms with Gasteiger partial charge in [0.25, 0.3) is 5.91 Å². The fraction of sp³-hybridized carbons (Fsp3) is 0.500. The van der Waals surface area contributed by atoms with Crippen molar-refractivity contribution in [3.8, 4) is 0 Å². The summed E-state index contributed by atoms with van der Waals surface area (Å²) < 4.78 is 33.7. The van der Waals surface area contributed by atoms with Crippen molar-refractivity contribution in [1.29, 1.82) is 0 Å². The zero-order valence-corrected chi connectivity index (χ0v) is 13.1. The lowest BCUT2D eigenvalue weighted by molar-refractivity contribution is -0.119. The highest BCUT2D eigenvalue weighted by molar-refractivity contribution is 9.10. The summed E-state index contributed by atoms with van der Waals surface area (Å²) in [5, 5.41) is 0. The largest absolute Gasteiger partial charge is 0.369 e. The zero-order valence-electron chi connectivity index (χ0n) is 11.5. The lowest BCUT2D eigenvalue weighted by Crippen LogP contribution is -2.54. The number of halogens is 3. The van der Waals surface area contributed by atoms with Crippen molar-refractivity contribution in [1.82, 2.24) is 4.90 Å². The molecule has 1 fully saturated rings. The summed E-state index contributed by atoms with van der Waals surface area (Å²) in [5.74, 6) is -2.37. The van der Waals surface area contributed by atoms with Crippen LogP contribution in [0.15, 0.2) is 16.6 Å². The van der Waals surface area contributed by atoms with E-state index in [1.807, 2.05) is 20.8 Å². The average molecular weight is 348 g/mol. The predicted octanol–water partition coefficient (Wildman–Crippen LogP) is 3.37.